The molecule has 0 atom stereocenters. The molecule has 22 heteroatoms. The first kappa shape index (κ1) is 48.1. The Hall–Kier alpha value is -5.84. The van der Waals surface area contributed by atoms with E-state index in [9.17, 15) is 51.9 Å². The Morgan fingerprint density at radius 3 is 0.652 bits per heavy atom. The molecule has 0 aliphatic carbocycles. The van der Waals surface area contributed by atoms with E-state index in [0.717, 1.165) is 0 Å². The van der Waals surface area contributed by atoms with Gasteiger partial charge >= 0.3 is 34.1 Å². The molecular formula is C44H26Mn2N4O12S4. The Morgan fingerprint density at radius 2 is 0.485 bits per heavy atom. The average Bonchev–Trinajstić information content (AvgIpc) is 4.08. The van der Waals surface area contributed by atoms with Crippen LogP contribution in [-0.4, -0.2) is 71.8 Å². The molecule has 4 aromatic carbocycles. The van der Waals surface area contributed by atoms with E-state index in [1.54, 1.807) is 48.6 Å². The van der Waals surface area contributed by atoms with Crippen LogP contribution in [0.5, 0.6) is 0 Å². The van der Waals surface area contributed by atoms with Crippen molar-refractivity contribution in [3.63, 3.8) is 0 Å². The number of fused-ring (bicyclic) bond motifs is 8. The maximum absolute atomic E-state index is 11.9. The van der Waals surface area contributed by atoms with Crippen LogP contribution in [0.1, 0.15) is 22.8 Å². The molecule has 3 aromatic heterocycles. The van der Waals surface area contributed by atoms with E-state index in [-0.39, 0.29) is 34.1 Å². The van der Waals surface area contributed by atoms with Crippen LogP contribution >= 0.6 is 0 Å². The Kier molecular flexibility index (Phi) is 12.9. The molecule has 0 unspecified atom stereocenters. The predicted molar refractivity (Wildman–Crippen MR) is 232 cm³/mol. The molecule has 2 aliphatic heterocycles. The number of aromatic nitrogens is 4. The SMILES string of the molecule is O=S(=O)([O-])c1ccc(-c2c3nc(c(-c4ccc(S(=O)(=O)[O-])cc4)c4ccc([nH]4)c(-c4ccc(S(=O)(=O)[O-])cc4)c4nc(c(-c5ccc(S(=O)(=O)[O-])cc5)c5ccc2[nH]5)C=C4)C=C3)cc1.[Mn+2].[Mn+2]. The van der Waals surface area contributed by atoms with Crippen LogP contribution in [0.4, 0.5) is 0 Å². The fraction of sp³-hybridized carbons (Fsp3) is 0. The third-order valence-electron chi connectivity index (χ3n) is 10.5. The number of nitrogens with zero attached hydrogens (tertiary/aromatic N) is 2. The van der Waals surface area contributed by atoms with Gasteiger partial charge in [-0.25, -0.2) is 43.6 Å². The van der Waals surface area contributed by atoms with Crippen LogP contribution in [0.2, 0.25) is 0 Å². The van der Waals surface area contributed by atoms with Crippen molar-refractivity contribution in [1.82, 2.24) is 19.9 Å². The number of rotatable bonds is 8. The zero-order valence-electron chi connectivity index (χ0n) is 33.0. The molecule has 332 valence electrons. The summed E-state index contributed by atoms with van der Waals surface area (Å²) in [6.45, 7) is 0. The van der Waals surface area contributed by atoms with E-state index in [1.165, 1.54) is 97.1 Å². The molecule has 0 saturated carbocycles. The molecule has 8 bridgehead atoms. The average molecular weight is 1040 g/mol. The van der Waals surface area contributed by atoms with Crippen molar-refractivity contribution in [2.75, 3.05) is 0 Å². The van der Waals surface area contributed by atoms with E-state index >= 15 is 0 Å². The maximum atomic E-state index is 11.9. The second kappa shape index (κ2) is 17.8. The Balaban J connectivity index is 0.00000324. The van der Waals surface area contributed by atoms with Gasteiger partial charge in [-0.1, -0.05) is 48.5 Å². The molecule has 5 heterocycles. The van der Waals surface area contributed by atoms with Gasteiger partial charge in [0.05, 0.1) is 42.4 Å². The fourth-order valence-corrected chi connectivity index (χ4v) is 9.45. The van der Waals surface area contributed by atoms with E-state index < -0.39 is 60.1 Å². The van der Waals surface area contributed by atoms with Gasteiger partial charge in [-0.15, -0.1) is 0 Å². The minimum absolute atomic E-state index is 0. The van der Waals surface area contributed by atoms with Crippen LogP contribution in [0, 0.1) is 0 Å². The van der Waals surface area contributed by atoms with Gasteiger partial charge < -0.3 is 28.2 Å². The summed E-state index contributed by atoms with van der Waals surface area (Å²) >= 11 is 0. The smallest absolute Gasteiger partial charge is 0.744 e. The normalized spacial score (nSPS) is 12.7. The van der Waals surface area contributed by atoms with E-state index in [0.29, 0.717) is 89.4 Å². The number of benzene rings is 4. The molecule has 0 amide bonds. The number of hydrogen-bond donors (Lipinski definition) is 2. The second-order valence-electron chi connectivity index (χ2n) is 14.4. The van der Waals surface area contributed by atoms with Crippen molar-refractivity contribution in [1.29, 1.82) is 0 Å². The third-order valence-corrected chi connectivity index (χ3v) is 13.9. The molecule has 16 nitrogen and oxygen atoms in total. The molecule has 0 fully saturated rings. The van der Waals surface area contributed by atoms with E-state index in [1.807, 2.05) is 0 Å². The van der Waals surface area contributed by atoms with Gasteiger partial charge in [0.15, 0.2) is 0 Å². The van der Waals surface area contributed by atoms with Crippen molar-refractivity contribution in [2.24, 2.45) is 0 Å². The molecule has 2 radical (unpaired) electrons. The van der Waals surface area contributed by atoms with Crippen molar-refractivity contribution < 1.29 is 86.0 Å². The van der Waals surface area contributed by atoms with Crippen LogP contribution in [0.25, 0.3) is 90.9 Å². The predicted octanol–water partition coefficient (Wildman–Crippen LogP) is 6.94. The van der Waals surface area contributed by atoms with Gasteiger partial charge in [0.1, 0.15) is 40.5 Å². The molecule has 9 rings (SSSR count). The maximum Gasteiger partial charge on any atom is 2.00 e. The number of aromatic amines is 2. The van der Waals surface area contributed by atoms with Crippen molar-refractivity contribution in [3.8, 4) is 44.5 Å². The first-order valence-electron chi connectivity index (χ1n) is 18.6. The van der Waals surface area contributed by atoms with Crippen molar-refractivity contribution in [3.05, 3.63) is 144 Å². The van der Waals surface area contributed by atoms with Gasteiger partial charge in [0, 0.05) is 44.3 Å². The Morgan fingerprint density at radius 1 is 0.303 bits per heavy atom. The molecular weight excluding hydrogens is 1010 g/mol. The van der Waals surface area contributed by atoms with Gasteiger partial charge in [-0.2, -0.15) is 0 Å². The molecule has 2 aliphatic rings. The fourth-order valence-electron chi connectivity index (χ4n) is 7.57. The number of H-pyrrole nitrogens is 2. The molecule has 2 N–H and O–H groups in total. The summed E-state index contributed by atoms with van der Waals surface area (Å²) in [5.74, 6) is 0. The van der Waals surface area contributed by atoms with Crippen LogP contribution in [-0.2, 0) is 74.6 Å². The van der Waals surface area contributed by atoms with Crippen molar-refractivity contribution >= 4 is 86.8 Å². The third kappa shape index (κ3) is 9.40. The van der Waals surface area contributed by atoms with Crippen molar-refractivity contribution in [2.45, 2.75) is 19.6 Å². The topological polar surface area (TPSA) is 286 Å². The van der Waals surface area contributed by atoms with Crippen LogP contribution in [0.15, 0.2) is 141 Å². The minimum Gasteiger partial charge on any atom is -0.744 e. The molecule has 66 heavy (non-hydrogen) atoms. The zero-order chi connectivity index (χ0) is 45.3. The summed E-state index contributed by atoms with van der Waals surface area (Å²) in [5, 5.41) is 0. The van der Waals surface area contributed by atoms with Gasteiger partial charge in [-0.3, -0.25) is 0 Å². The minimum atomic E-state index is -4.81. The second-order valence-corrected chi connectivity index (χ2v) is 19.9. The summed E-state index contributed by atoms with van der Waals surface area (Å²) in [5.41, 5.74) is 6.76. The molecule has 7 aromatic rings. The molecule has 0 spiro atoms. The Bertz CT molecular complexity index is 3310. The van der Waals surface area contributed by atoms with E-state index in [2.05, 4.69) is 9.97 Å². The summed E-state index contributed by atoms with van der Waals surface area (Å²) in [4.78, 5) is 15.0. The van der Waals surface area contributed by atoms with Gasteiger partial charge in [0.2, 0.25) is 0 Å². The number of nitrogens with one attached hydrogen (secondary N) is 2. The standard InChI is InChI=1S/C44H30N4O12S4.2Mn/c49-61(50,51)29-9-1-25(2-10-29)41-33-17-19-35(45-33)42(26-3-11-30(12-4-26)62(52,53)54)37-21-23-39(47-37)44(28-7-15-32(16-8-28)64(58,59)60)40-24-22-38(48-40)43(36-20-18-34(41)46-36)27-5-13-31(14-6-27)63(55,56)57;;/h1-24,45,48H,(H,49,50,51)(H,52,53,54)(H,55,56,57)(H,58,59,60);;/q;2*+2/p-4. The number of hydrogen-bond acceptors (Lipinski definition) is 14. The van der Waals surface area contributed by atoms with E-state index in [4.69, 9.17) is 9.97 Å². The molecule has 0 saturated heterocycles. The monoisotopic (exact) mass is 1040 g/mol. The van der Waals surface area contributed by atoms with Crippen LogP contribution in [0.3, 0.4) is 0 Å². The summed E-state index contributed by atoms with van der Waals surface area (Å²) in [6, 6.07) is 27.8. The first-order valence-corrected chi connectivity index (χ1v) is 24.3. The van der Waals surface area contributed by atoms with Crippen LogP contribution < -0.4 is 0 Å². The summed E-state index contributed by atoms with van der Waals surface area (Å²) < 4.78 is 143. The summed E-state index contributed by atoms with van der Waals surface area (Å²) in [7, 11) is -19.2. The quantitative estimate of drug-likeness (QED) is 0.115. The van der Waals surface area contributed by atoms with Gasteiger partial charge in [0.25, 0.3) is 0 Å². The Labute approximate surface area is 398 Å². The first-order chi connectivity index (χ1) is 30.2. The van der Waals surface area contributed by atoms with Gasteiger partial charge in [-0.05, 0) is 119 Å². The zero-order valence-corrected chi connectivity index (χ0v) is 38.7. The largest absolute Gasteiger partial charge is 2.00 e. The summed E-state index contributed by atoms with van der Waals surface area (Å²) in [6.07, 6.45) is 6.79.